The molecular formula is C22H33ClNO3+. The first-order valence-corrected chi connectivity index (χ1v) is 10.8. The Bertz CT molecular complexity index is 628. The number of benzene rings is 1. The molecule has 2 unspecified atom stereocenters. The van der Waals surface area contributed by atoms with Crippen LogP contribution in [-0.2, 0) is 16.0 Å². The molecule has 1 aromatic carbocycles. The van der Waals surface area contributed by atoms with Gasteiger partial charge in [0.2, 0.25) is 0 Å². The molecule has 1 heterocycles. The number of rotatable bonds is 8. The van der Waals surface area contributed by atoms with Crippen LogP contribution in [0.1, 0.15) is 57.9 Å². The number of hydrogen-bond donors (Lipinski definition) is 1. The summed E-state index contributed by atoms with van der Waals surface area (Å²) < 4.78 is 11.2. The van der Waals surface area contributed by atoms with E-state index in [0.717, 1.165) is 30.7 Å². The van der Waals surface area contributed by atoms with Crippen molar-refractivity contribution in [3.8, 4) is 5.75 Å². The Labute approximate surface area is 168 Å². The number of amides is 1. The van der Waals surface area contributed by atoms with Gasteiger partial charge in [0.15, 0.2) is 0 Å². The van der Waals surface area contributed by atoms with E-state index in [0.29, 0.717) is 30.2 Å². The molecule has 27 heavy (non-hydrogen) atoms. The van der Waals surface area contributed by atoms with Crippen LogP contribution in [0.4, 0.5) is 0 Å². The Morgan fingerprint density at radius 2 is 1.93 bits per heavy atom. The Balaban J connectivity index is 1.52. The Morgan fingerprint density at radius 3 is 2.63 bits per heavy atom. The molecule has 0 aromatic heterocycles. The van der Waals surface area contributed by atoms with E-state index in [1.165, 1.54) is 37.0 Å². The first-order valence-electron chi connectivity index (χ1n) is 10.5. The molecule has 3 rings (SSSR count). The average Bonchev–Trinajstić information content (AvgIpc) is 3.02. The topological polar surface area (TPSA) is 40.0 Å². The van der Waals surface area contributed by atoms with Gasteiger partial charge in [0, 0.05) is 11.4 Å². The van der Waals surface area contributed by atoms with Gasteiger partial charge < -0.3 is 9.47 Å². The van der Waals surface area contributed by atoms with Crippen LogP contribution < -0.4 is 9.64 Å². The van der Waals surface area contributed by atoms with E-state index in [1.807, 2.05) is 32.0 Å². The maximum Gasteiger partial charge on any atom is 0.315 e. The number of carbonyl (C=O) groups is 1. The van der Waals surface area contributed by atoms with E-state index in [2.05, 4.69) is 0 Å². The molecule has 0 spiro atoms. The second kappa shape index (κ2) is 9.90. The highest BCUT2D eigenvalue weighted by Gasteiger charge is 2.41. The second-order valence-electron chi connectivity index (χ2n) is 8.19. The van der Waals surface area contributed by atoms with E-state index in [-0.39, 0.29) is 12.0 Å². The van der Waals surface area contributed by atoms with Crippen molar-refractivity contribution in [2.45, 2.75) is 70.9 Å². The predicted octanol–water partition coefficient (Wildman–Crippen LogP) is 3.45. The number of quaternary nitrogens is 1. The van der Waals surface area contributed by atoms with Crippen LogP contribution >= 0.6 is 11.6 Å². The van der Waals surface area contributed by atoms with Crippen molar-refractivity contribution in [2.24, 2.45) is 5.92 Å². The molecule has 2 atom stereocenters. The van der Waals surface area contributed by atoms with E-state index in [4.69, 9.17) is 21.1 Å². The number of ether oxygens (including phenoxy) is 2. The molecule has 4 nitrogen and oxygen atoms in total. The number of likely N-dealkylation sites (tertiary alicyclic amines) is 1. The zero-order valence-corrected chi connectivity index (χ0v) is 17.4. The Morgan fingerprint density at radius 1 is 1.15 bits per heavy atom. The second-order valence-corrected chi connectivity index (χ2v) is 8.59. The van der Waals surface area contributed by atoms with Crippen LogP contribution in [0.5, 0.6) is 5.75 Å². The van der Waals surface area contributed by atoms with Gasteiger partial charge in [-0.05, 0) is 63.6 Å². The molecule has 1 aliphatic heterocycles. The summed E-state index contributed by atoms with van der Waals surface area (Å²) in [5.74, 6) is 1.26. The Hall–Kier alpha value is -1.10. The fourth-order valence-corrected chi connectivity index (χ4v) is 4.64. The molecule has 1 amide bonds. The van der Waals surface area contributed by atoms with Crippen LogP contribution in [0, 0.1) is 5.92 Å². The third-order valence-corrected chi connectivity index (χ3v) is 6.19. The lowest BCUT2D eigenvalue weighted by Crippen LogP contribution is -3.16. The molecule has 1 N–H and O–H groups in total. The first kappa shape index (κ1) is 20.6. The minimum atomic E-state index is 0.102. The van der Waals surface area contributed by atoms with Crippen LogP contribution in [0.15, 0.2) is 18.2 Å². The lowest BCUT2D eigenvalue weighted by Gasteiger charge is -2.26. The molecule has 1 aliphatic carbocycles. The van der Waals surface area contributed by atoms with Crippen LogP contribution in [0.25, 0.3) is 0 Å². The van der Waals surface area contributed by atoms with Gasteiger partial charge in [-0.1, -0.05) is 24.1 Å². The minimum Gasteiger partial charge on any atom is -0.491 e. The predicted molar refractivity (Wildman–Crippen MR) is 108 cm³/mol. The molecular weight excluding hydrogens is 362 g/mol. The normalized spacial score (nSPS) is 23.9. The molecule has 2 aliphatic rings. The van der Waals surface area contributed by atoms with Gasteiger partial charge in [-0.3, -0.25) is 4.90 Å². The summed E-state index contributed by atoms with van der Waals surface area (Å²) in [4.78, 5) is 14.1. The molecule has 0 bridgehead atoms. The SMILES string of the molecule is CC(C)OCCOc1ccc(CC2CC[NH+](C3CCCCC3)C2=O)c(Cl)c1. The number of halogens is 1. The highest BCUT2D eigenvalue weighted by atomic mass is 35.5. The summed E-state index contributed by atoms with van der Waals surface area (Å²) in [5, 5.41) is 0.691. The largest absolute Gasteiger partial charge is 0.491 e. The fraction of sp³-hybridized carbons (Fsp3) is 0.682. The summed E-state index contributed by atoms with van der Waals surface area (Å²) in [6, 6.07) is 6.36. The molecule has 1 aromatic rings. The maximum atomic E-state index is 12.9. The van der Waals surface area contributed by atoms with Crippen molar-refractivity contribution in [3.63, 3.8) is 0 Å². The summed E-state index contributed by atoms with van der Waals surface area (Å²) in [7, 11) is 0. The van der Waals surface area contributed by atoms with Crippen molar-refractivity contribution in [3.05, 3.63) is 28.8 Å². The van der Waals surface area contributed by atoms with E-state index < -0.39 is 0 Å². The molecule has 1 saturated carbocycles. The zero-order chi connectivity index (χ0) is 19.2. The first-order chi connectivity index (χ1) is 13.0. The van der Waals surface area contributed by atoms with Gasteiger partial charge in [0.05, 0.1) is 31.2 Å². The van der Waals surface area contributed by atoms with Crippen molar-refractivity contribution in [2.75, 3.05) is 19.8 Å². The average molecular weight is 395 g/mol. The lowest BCUT2D eigenvalue weighted by atomic mass is 9.94. The maximum absolute atomic E-state index is 12.9. The molecule has 0 radical (unpaired) electrons. The summed E-state index contributed by atoms with van der Waals surface area (Å²) in [6.07, 6.45) is 8.23. The van der Waals surface area contributed by atoms with Gasteiger partial charge >= 0.3 is 5.91 Å². The number of nitrogens with one attached hydrogen (secondary N) is 1. The van der Waals surface area contributed by atoms with Crippen LogP contribution in [-0.4, -0.2) is 37.8 Å². The summed E-state index contributed by atoms with van der Waals surface area (Å²) in [5.41, 5.74) is 1.05. The number of carbonyl (C=O) groups excluding carboxylic acids is 1. The van der Waals surface area contributed by atoms with Gasteiger partial charge in [-0.15, -0.1) is 0 Å². The van der Waals surface area contributed by atoms with Gasteiger partial charge in [-0.2, -0.15) is 0 Å². The minimum absolute atomic E-state index is 0.102. The molecule has 2 fully saturated rings. The molecule has 150 valence electrons. The van der Waals surface area contributed by atoms with Crippen molar-refractivity contribution in [1.82, 2.24) is 0 Å². The smallest absolute Gasteiger partial charge is 0.315 e. The van der Waals surface area contributed by atoms with E-state index >= 15 is 0 Å². The monoisotopic (exact) mass is 394 g/mol. The fourth-order valence-electron chi connectivity index (χ4n) is 4.39. The van der Waals surface area contributed by atoms with E-state index in [1.54, 1.807) is 0 Å². The third-order valence-electron chi connectivity index (χ3n) is 5.84. The Kier molecular flexibility index (Phi) is 7.57. The number of hydrogen-bond acceptors (Lipinski definition) is 3. The van der Waals surface area contributed by atoms with Crippen LogP contribution in [0.3, 0.4) is 0 Å². The molecule has 5 heteroatoms. The van der Waals surface area contributed by atoms with Gasteiger partial charge in [-0.25, -0.2) is 4.79 Å². The molecule has 1 saturated heterocycles. The summed E-state index contributed by atoms with van der Waals surface area (Å²) in [6.45, 7) is 6.07. The standard InChI is InChI=1S/C22H32ClNO3/c1-16(2)26-12-13-27-20-9-8-17(21(23)15-20)14-18-10-11-24(22(18)25)19-6-4-3-5-7-19/h8-9,15-16,18-19H,3-7,10-14H2,1-2H3/p+1. The quantitative estimate of drug-likeness (QED) is 0.686. The van der Waals surface area contributed by atoms with E-state index in [9.17, 15) is 4.79 Å². The van der Waals surface area contributed by atoms with Crippen molar-refractivity contribution in [1.29, 1.82) is 0 Å². The summed E-state index contributed by atoms with van der Waals surface area (Å²) >= 11 is 6.47. The van der Waals surface area contributed by atoms with Crippen LogP contribution in [0.2, 0.25) is 5.02 Å². The third kappa shape index (κ3) is 5.69. The van der Waals surface area contributed by atoms with Crippen molar-refractivity contribution < 1.29 is 19.2 Å². The highest BCUT2D eigenvalue weighted by molar-refractivity contribution is 6.31. The lowest BCUT2D eigenvalue weighted by molar-refractivity contribution is -0.841. The zero-order valence-electron chi connectivity index (χ0n) is 16.6. The highest BCUT2D eigenvalue weighted by Crippen LogP contribution is 2.27. The van der Waals surface area contributed by atoms with Gasteiger partial charge in [0.1, 0.15) is 12.4 Å². The van der Waals surface area contributed by atoms with Gasteiger partial charge in [0.25, 0.3) is 0 Å². The van der Waals surface area contributed by atoms with Crippen molar-refractivity contribution >= 4 is 17.5 Å².